The molecule has 7 heteroatoms. The van der Waals surface area contributed by atoms with Gasteiger partial charge in [0.05, 0.1) is 12.3 Å². The molecular formula is C10H14N2O4S. The fraction of sp³-hybridized carbons (Fsp3) is 0.400. The first kappa shape index (κ1) is 12.2. The summed E-state index contributed by atoms with van der Waals surface area (Å²) in [4.78, 5) is 0. The van der Waals surface area contributed by atoms with Gasteiger partial charge in [0.1, 0.15) is 5.75 Å². The zero-order chi connectivity index (χ0) is 12.5. The molecule has 1 heterocycles. The van der Waals surface area contributed by atoms with E-state index in [9.17, 15) is 8.42 Å². The number of aliphatic hydroxyl groups excluding tert-OH is 1. The van der Waals surface area contributed by atoms with Crippen LogP contribution in [0.15, 0.2) is 24.3 Å². The molecule has 0 aromatic heterocycles. The van der Waals surface area contributed by atoms with Crippen molar-refractivity contribution < 1.29 is 18.6 Å². The standard InChI is InChI=1S/C10H14N2O4S/c13-8-7-11-5-6-12(17(11,15)16)9-1-3-10(14)4-2-9/h1-4,13-14H,5-8H2. The van der Waals surface area contributed by atoms with Crippen LogP contribution in [-0.2, 0) is 10.2 Å². The molecule has 0 saturated carbocycles. The number of aromatic hydroxyl groups is 1. The Labute approximate surface area is 99.9 Å². The highest BCUT2D eigenvalue weighted by atomic mass is 32.2. The number of aliphatic hydroxyl groups is 1. The predicted molar refractivity (Wildman–Crippen MR) is 63.0 cm³/mol. The van der Waals surface area contributed by atoms with Gasteiger partial charge in [-0.15, -0.1) is 0 Å². The van der Waals surface area contributed by atoms with Crippen LogP contribution in [0, 0.1) is 0 Å². The molecule has 0 bridgehead atoms. The molecule has 0 unspecified atom stereocenters. The normalized spacial score (nSPS) is 19.7. The lowest BCUT2D eigenvalue weighted by Gasteiger charge is -2.19. The Kier molecular flexibility index (Phi) is 3.23. The van der Waals surface area contributed by atoms with Crippen LogP contribution in [0.2, 0.25) is 0 Å². The molecule has 2 N–H and O–H groups in total. The fourth-order valence-corrected chi connectivity index (χ4v) is 3.40. The number of rotatable bonds is 3. The molecule has 1 aromatic rings. The average Bonchev–Trinajstić information content (AvgIpc) is 2.57. The van der Waals surface area contributed by atoms with Crippen LogP contribution in [-0.4, -0.2) is 49.2 Å². The Morgan fingerprint density at radius 1 is 1.18 bits per heavy atom. The van der Waals surface area contributed by atoms with Crippen molar-refractivity contribution in [1.82, 2.24) is 4.31 Å². The molecule has 0 amide bonds. The Bertz CT molecular complexity index is 486. The van der Waals surface area contributed by atoms with Crippen molar-refractivity contribution in [2.24, 2.45) is 0 Å². The van der Waals surface area contributed by atoms with Crippen LogP contribution >= 0.6 is 0 Å². The first-order valence-corrected chi connectivity index (χ1v) is 6.63. The number of anilines is 1. The van der Waals surface area contributed by atoms with E-state index in [0.717, 1.165) is 0 Å². The molecule has 17 heavy (non-hydrogen) atoms. The second kappa shape index (κ2) is 4.52. The molecule has 0 aliphatic carbocycles. The highest BCUT2D eigenvalue weighted by Crippen LogP contribution is 2.26. The third kappa shape index (κ3) is 2.21. The van der Waals surface area contributed by atoms with E-state index >= 15 is 0 Å². The second-order valence-corrected chi connectivity index (χ2v) is 5.57. The molecule has 1 aliphatic heterocycles. The SMILES string of the molecule is O=S1(=O)N(CCO)CCN1c1ccc(O)cc1. The van der Waals surface area contributed by atoms with Gasteiger partial charge in [0, 0.05) is 19.6 Å². The van der Waals surface area contributed by atoms with E-state index in [1.54, 1.807) is 12.1 Å². The van der Waals surface area contributed by atoms with Crippen molar-refractivity contribution in [3.8, 4) is 5.75 Å². The molecule has 1 aliphatic rings. The number of hydrogen-bond acceptors (Lipinski definition) is 4. The van der Waals surface area contributed by atoms with Gasteiger partial charge in [-0.2, -0.15) is 12.7 Å². The van der Waals surface area contributed by atoms with Crippen molar-refractivity contribution in [1.29, 1.82) is 0 Å². The van der Waals surface area contributed by atoms with Crippen molar-refractivity contribution in [3.63, 3.8) is 0 Å². The van der Waals surface area contributed by atoms with Crippen LogP contribution in [0.25, 0.3) is 0 Å². The van der Waals surface area contributed by atoms with Crippen molar-refractivity contribution in [3.05, 3.63) is 24.3 Å². The Morgan fingerprint density at radius 2 is 1.82 bits per heavy atom. The molecule has 1 fully saturated rings. The lowest BCUT2D eigenvalue weighted by molar-refractivity contribution is 0.260. The van der Waals surface area contributed by atoms with Gasteiger partial charge in [-0.25, -0.2) is 0 Å². The van der Waals surface area contributed by atoms with E-state index in [4.69, 9.17) is 10.2 Å². The van der Waals surface area contributed by atoms with E-state index in [1.165, 1.54) is 20.7 Å². The minimum atomic E-state index is -3.53. The predicted octanol–water partition coefficient (Wildman–Crippen LogP) is -0.249. The van der Waals surface area contributed by atoms with Gasteiger partial charge in [0.15, 0.2) is 0 Å². The Balaban J connectivity index is 2.27. The number of phenolic OH excluding ortho intramolecular Hbond substituents is 1. The average molecular weight is 258 g/mol. The van der Waals surface area contributed by atoms with E-state index in [2.05, 4.69) is 0 Å². The van der Waals surface area contributed by atoms with Gasteiger partial charge in [-0.05, 0) is 24.3 Å². The van der Waals surface area contributed by atoms with Crippen LogP contribution in [0.1, 0.15) is 0 Å². The minimum absolute atomic E-state index is 0.0950. The molecule has 0 atom stereocenters. The van der Waals surface area contributed by atoms with Gasteiger partial charge < -0.3 is 10.2 Å². The van der Waals surface area contributed by atoms with Gasteiger partial charge in [-0.1, -0.05) is 0 Å². The second-order valence-electron chi connectivity index (χ2n) is 3.72. The molecule has 0 spiro atoms. The zero-order valence-corrected chi connectivity index (χ0v) is 9.97. The van der Waals surface area contributed by atoms with E-state index in [-0.39, 0.29) is 18.9 Å². The molecule has 0 radical (unpaired) electrons. The van der Waals surface area contributed by atoms with E-state index in [1.807, 2.05) is 0 Å². The number of nitrogens with zero attached hydrogens (tertiary/aromatic N) is 2. The summed E-state index contributed by atoms with van der Waals surface area (Å²) in [5.41, 5.74) is 0.517. The van der Waals surface area contributed by atoms with Gasteiger partial charge >= 0.3 is 10.2 Å². The maximum Gasteiger partial charge on any atom is 0.304 e. The fourth-order valence-electron chi connectivity index (χ4n) is 1.79. The first-order chi connectivity index (χ1) is 8.05. The number of phenols is 1. The van der Waals surface area contributed by atoms with Crippen molar-refractivity contribution >= 4 is 15.9 Å². The van der Waals surface area contributed by atoms with Crippen molar-refractivity contribution in [2.45, 2.75) is 0 Å². The smallest absolute Gasteiger partial charge is 0.304 e. The summed E-state index contributed by atoms with van der Waals surface area (Å²) in [6.07, 6.45) is 0. The Hall–Kier alpha value is -1.31. The minimum Gasteiger partial charge on any atom is -0.508 e. The summed E-state index contributed by atoms with van der Waals surface area (Å²) in [6.45, 7) is 0.635. The summed E-state index contributed by atoms with van der Waals surface area (Å²) in [6, 6.07) is 5.99. The zero-order valence-electron chi connectivity index (χ0n) is 9.15. The molecule has 1 saturated heterocycles. The first-order valence-electron chi connectivity index (χ1n) is 5.23. The maximum atomic E-state index is 12.0. The van der Waals surface area contributed by atoms with Crippen LogP contribution < -0.4 is 4.31 Å². The third-order valence-corrected chi connectivity index (χ3v) is 4.61. The highest BCUT2D eigenvalue weighted by molar-refractivity contribution is 7.90. The molecule has 94 valence electrons. The lowest BCUT2D eigenvalue weighted by atomic mass is 10.3. The summed E-state index contributed by atoms with van der Waals surface area (Å²) < 4.78 is 26.6. The summed E-state index contributed by atoms with van der Waals surface area (Å²) in [5, 5.41) is 17.9. The number of hydrogen-bond donors (Lipinski definition) is 2. The van der Waals surface area contributed by atoms with Crippen LogP contribution in [0.4, 0.5) is 5.69 Å². The number of β-amino-alcohol motifs (C(OH)–C–C–N with tert-alkyl or cyclic N) is 1. The largest absolute Gasteiger partial charge is 0.508 e. The van der Waals surface area contributed by atoms with Crippen LogP contribution in [0.5, 0.6) is 5.75 Å². The molecule has 1 aromatic carbocycles. The van der Waals surface area contributed by atoms with Crippen molar-refractivity contribution in [2.75, 3.05) is 30.5 Å². The number of benzene rings is 1. The molecule has 2 rings (SSSR count). The quantitative estimate of drug-likeness (QED) is 0.783. The summed E-state index contributed by atoms with van der Waals surface area (Å²) in [5.74, 6) is 0.0950. The molecule has 6 nitrogen and oxygen atoms in total. The van der Waals surface area contributed by atoms with E-state index < -0.39 is 10.2 Å². The highest BCUT2D eigenvalue weighted by Gasteiger charge is 2.35. The Morgan fingerprint density at radius 3 is 2.41 bits per heavy atom. The van der Waals surface area contributed by atoms with E-state index in [0.29, 0.717) is 18.8 Å². The summed E-state index contributed by atoms with van der Waals surface area (Å²) >= 11 is 0. The maximum absolute atomic E-state index is 12.0. The monoisotopic (exact) mass is 258 g/mol. The van der Waals surface area contributed by atoms with Gasteiger partial charge in [0.2, 0.25) is 0 Å². The molecular weight excluding hydrogens is 244 g/mol. The third-order valence-electron chi connectivity index (χ3n) is 2.64. The lowest BCUT2D eigenvalue weighted by Crippen LogP contribution is -2.34. The van der Waals surface area contributed by atoms with Gasteiger partial charge in [0.25, 0.3) is 0 Å². The van der Waals surface area contributed by atoms with Gasteiger partial charge in [-0.3, -0.25) is 4.31 Å². The summed E-state index contributed by atoms with van der Waals surface area (Å²) in [7, 11) is -3.53. The topological polar surface area (TPSA) is 81.1 Å². The van der Waals surface area contributed by atoms with Crippen LogP contribution in [0.3, 0.4) is 0 Å².